The number of hydrogen-bond acceptors (Lipinski definition) is 3. The van der Waals surface area contributed by atoms with E-state index < -0.39 is 11.6 Å². The molecule has 0 bridgehead atoms. The van der Waals surface area contributed by atoms with Gasteiger partial charge in [0.1, 0.15) is 0 Å². The Morgan fingerprint density at radius 1 is 1.22 bits per heavy atom. The monoisotopic (exact) mass is 350 g/mol. The number of amides is 1. The lowest BCUT2D eigenvalue weighted by Gasteiger charge is -2.31. The molecule has 3 rings (SSSR count). The zero-order chi connectivity index (χ0) is 16.6. The van der Waals surface area contributed by atoms with Crippen molar-refractivity contribution in [3.05, 3.63) is 63.6 Å². The van der Waals surface area contributed by atoms with E-state index in [0.29, 0.717) is 26.9 Å². The minimum Gasteiger partial charge on any atom is -0.392 e. The zero-order valence-corrected chi connectivity index (χ0v) is 13.9. The lowest BCUT2D eigenvalue weighted by molar-refractivity contribution is -0.120. The van der Waals surface area contributed by atoms with Crippen LogP contribution in [-0.2, 0) is 10.3 Å². The highest BCUT2D eigenvalue weighted by Crippen LogP contribution is 2.44. The van der Waals surface area contributed by atoms with Crippen molar-refractivity contribution in [3.8, 4) is 0 Å². The Hall–Kier alpha value is -1.59. The normalized spacial score (nSPS) is 21.0. The third kappa shape index (κ3) is 2.72. The van der Waals surface area contributed by atoms with Crippen LogP contribution in [0.15, 0.2) is 42.5 Å². The van der Waals surface area contributed by atoms with Gasteiger partial charge >= 0.3 is 0 Å². The predicted molar refractivity (Wildman–Crippen MR) is 92.0 cm³/mol. The maximum Gasteiger partial charge on any atom is 0.254 e. The van der Waals surface area contributed by atoms with Gasteiger partial charge < -0.3 is 10.4 Å². The van der Waals surface area contributed by atoms with Crippen molar-refractivity contribution >= 4 is 34.8 Å². The largest absolute Gasteiger partial charge is 0.392 e. The quantitative estimate of drug-likeness (QED) is 0.793. The smallest absolute Gasteiger partial charge is 0.254 e. The summed E-state index contributed by atoms with van der Waals surface area (Å²) in [5, 5.41) is 16.7. The molecule has 0 fully saturated rings. The fourth-order valence-corrected chi connectivity index (χ4v) is 3.33. The zero-order valence-electron chi connectivity index (χ0n) is 12.4. The molecule has 1 heterocycles. The second-order valence-corrected chi connectivity index (χ2v) is 6.45. The third-order valence-electron chi connectivity index (χ3n) is 3.91. The Morgan fingerprint density at radius 3 is 2.65 bits per heavy atom. The summed E-state index contributed by atoms with van der Waals surface area (Å²) in [6.07, 6.45) is -0.620. The van der Waals surface area contributed by atoms with Gasteiger partial charge in [0.25, 0.3) is 5.91 Å². The van der Waals surface area contributed by atoms with Gasteiger partial charge in [-0.1, -0.05) is 41.4 Å². The van der Waals surface area contributed by atoms with Crippen LogP contribution in [0.4, 0.5) is 5.69 Å². The number of halogens is 2. The standard InChI is InChI=1S/C17H16Cl2N2O2/c1-10(22)9-20-17(12-4-2-3-5-14(12)19)13-8-11(18)6-7-15(13)21-16(17)23/h2-8,10,20,22H,9H2,1H3,(H,21,23). The van der Waals surface area contributed by atoms with Gasteiger partial charge in [-0.05, 0) is 31.2 Å². The second-order valence-electron chi connectivity index (χ2n) is 5.60. The van der Waals surface area contributed by atoms with Crippen molar-refractivity contribution in [2.24, 2.45) is 0 Å². The Morgan fingerprint density at radius 2 is 1.96 bits per heavy atom. The molecule has 0 saturated heterocycles. The highest BCUT2D eigenvalue weighted by Gasteiger charge is 2.49. The van der Waals surface area contributed by atoms with E-state index >= 15 is 0 Å². The second kappa shape index (κ2) is 6.13. The number of fused-ring (bicyclic) bond motifs is 1. The van der Waals surface area contributed by atoms with E-state index in [4.69, 9.17) is 23.2 Å². The number of carbonyl (C=O) groups is 1. The van der Waals surface area contributed by atoms with Crippen LogP contribution in [0.5, 0.6) is 0 Å². The number of aliphatic hydroxyl groups excluding tert-OH is 1. The molecule has 3 N–H and O–H groups in total. The van der Waals surface area contributed by atoms with Gasteiger partial charge in [-0.15, -0.1) is 0 Å². The van der Waals surface area contributed by atoms with Gasteiger partial charge in [0.15, 0.2) is 5.54 Å². The molecular formula is C17H16Cl2N2O2. The molecular weight excluding hydrogens is 335 g/mol. The topological polar surface area (TPSA) is 61.4 Å². The summed E-state index contributed by atoms with van der Waals surface area (Å²) in [6, 6.07) is 12.4. The maximum absolute atomic E-state index is 12.9. The first kappa shape index (κ1) is 16.3. The van der Waals surface area contributed by atoms with Gasteiger partial charge in [0.2, 0.25) is 0 Å². The number of carbonyl (C=O) groups excluding carboxylic acids is 1. The molecule has 23 heavy (non-hydrogen) atoms. The fourth-order valence-electron chi connectivity index (χ4n) is 2.88. The van der Waals surface area contributed by atoms with Crippen LogP contribution in [-0.4, -0.2) is 23.7 Å². The molecule has 120 valence electrons. The highest BCUT2D eigenvalue weighted by molar-refractivity contribution is 6.32. The molecule has 2 unspecified atom stereocenters. The fraction of sp³-hybridized carbons (Fsp3) is 0.235. The molecule has 4 nitrogen and oxygen atoms in total. The minimum absolute atomic E-state index is 0.227. The molecule has 1 aliphatic heterocycles. The molecule has 0 aromatic heterocycles. The molecule has 0 radical (unpaired) electrons. The summed E-state index contributed by atoms with van der Waals surface area (Å²) in [5.74, 6) is -0.247. The average molecular weight is 351 g/mol. The van der Waals surface area contributed by atoms with E-state index in [-0.39, 0.29) is 12.5 Å². The van der Waals surface area contributed by atoms with Crippen LogP contribution in [0.1, 0.15) is 18.1 Å². The molecule has 2 atom stereocenters. The van der Waals surface area contributed by atoms with Gasteiger partial charge in [-0.25, -0.2) is 0 Å². The van der Waals surface area contributed by atoms with E-state index in [1.165, 1.54) is 0 Å². The van der Waals surface area contributed by atoms with Crippen LogP contribution in [0.2, 0.25) is 10.0 Å². The molecule has 0 saturated carbocycles. The number of anilines is 1. The van der Waals surface area contributed by atoms with Gasteiger partial charge in [-0.3, -0.25) is 10.1 Å². The Balaban J connectivity index is 2.24. The molecule has 0 spiro atoms. The molecule has 6 heteroatoms. The van der Waals surface area contributed by atoms with Crippen molar-refractivity contribution in [1.29, 1.82) is 0 Å². The summed E-state index contributed by atoms with van der Waals surface area (Å²) in [6.45, 7) is 1.88. The predicted octanol–water partition coefficient (Wildman–Crippen LogP) is 3.16. The van der Waals surface area contributed by atoms with E-state index in [1.807, 2.05) is 6.07 Å². The molecule has 1 aliphatic rings. The molecule has 2 aromatic carbocycles. The minimum atomic E-state index is -1.18. The molecule has 0 aliphatic carbocycles. The summed E-state index contributed by atoms with van der Waals surface area (Å²) in [7, 11) is 0. The number of benzene rings is 2. The van der Waals surface area contributed by atoms with Crippen molar-refractivity contribution in [2.75, 3.05) is 11.9 Å². The van der Waals surface area contributed by atoms with Gasteiger partial charge in [0.05, 0.1) is 6.10 Å². The number of hydrogen-bond donors (Lipinski definition) is 3. The lowest BCUT2D eigenvalue weighted by atomic mass is 9.83. The Bertz CT molecular complexity index is 764. The number of aliphatic hydroxyl groups is 1. The van der Waals surface area contributed by atoms with E-state index in [2.05, 4.69) is 10.6 Å². The van der Waals surface area contributed by atoms with Crippen LogP contribution < -0.4 is 10.6 Å². The summed E-state index contributed by atoms with van der Waals surface area (Å²) in [4.78, 5) is 12.9. The number of rotatable bonds is 4. The van der Waals surface area contributed by atoms with Crippen LogP contribution in [0.25, 0.3) is 0 Å². The van der Waals surface area contributed by atoms with Crippen molar-refractivity contribution in [1.82, 2.24) is 5.32 Å². The van der Waals surface area contributed by atoms with Crippen molar-refractivity contribution < 1.29 is 9.90 Å². The SMILES string of the molecule is CC(O)CNC1(c2ccccc2Cl)C(=O)Nc2ccc(Cl)cc21. The molecule has 2 aromatic rings. The number of nitrogens with one attached hydrogen (secondary N) is 2. The van der Waals surface area contributed by atoms with E-state index in [0.717, 1.165) is 0 Å². The lowest BCUT2D eigenvalue weighted by Crippen LogP contribution is -2.51. The van der Waals surface area contributed by atoms with E-state index in [1.54, 1.807) is 43.3 Å². The summed E-state index contributed by atoms with van der Waals surface area (Å²) < 4.78 is 0. The van der Waals surface area contributed by atoms with Crippen LogP contribution in [0.3, 0.4) is 0 Å². The van der Waals surface area contributed by atoms with Gasteiger partial charge in [-0.2, -0.15) is 0 Å². The Kier molecular flexibility index (Phi) is 4.34. The third-order valence-corrected chi connectivity index (χ3v) is 4.48. The molecule has 1 amide bonds. The van der Waals surface area contributed by atoms with Crippen molar-refractivity contribution in [2.45, 2.75) is 18.6 Å². The first-order valence-corrected chi connectivity index (χ1v) is 8.00. The van der Waals surface area contributed by atoms with E-state index in [9.17, 15) is 9.90 Å². The summed E-state index contributed by atoms with van der Waals surface area (Å²) >= 11 is 12.5. The Labute approximate surface area is 144 Å². The summed E-state index contributed by atoms with van der Waals surface area (Å²) in [5.41, 5.74) is 0.817. The van der Waals surface area contributed by atoms with Crippen molar-refractivity contribution in [3.63, 3.8) is 0 Å². The average Bonchev–Trinajstić information content (AvgIpc) is 2.78. The van der Waals surface area contributed by atoms with Crippen LogP contribution >= 0.6 is 23.2 Å². The van der Waals surface area contributed by atoms with Crippen LogP contribution in [0, 0.1) is 0 Å². The van der Waals surface area contributed by atoms with Gasteiger partial charge in [0, 0.05) is 33.4 Å². The maximum atomic E-state index is 12.9. The first-order valence-electron chi connectivity index (χ1n) is 7.24. The highest BCUT2D eigenvalue weighted by atomic mass is 35.5. The first-order chi connectivity index (χ1) is 10.9.